The summed E-state index contributed by atoms with van der Waals surface area (Å²) < 4.78 is 5.46. The van der Waals surface area contributed by atoms with E-state index in [0.717, 1.165) is 29.9 Å². The summed E-state index contributed by atoms with van der Waals surface area (Å²) in [5.74, 6) is 0.876. The molecule has 103 valence electrons. The zero-order valence-electron chi connectivity index (χ0n) is 12.0. The highest BCUT2D eigenvalue weighted by Gasteiger charge is 2.25. The van der Waals surface area contributed by atoms with Crippen LogP contribution < -0.4 is 10.1 Å². The van der Waals surface area contributed by atoms with Crippen molar-refractivity contribution in [3.63, 3.8) is 0 Å². The molecule has 2 heteroatoms. The van der Waals surface area contributed by atoms with Crippen LogP contribution in [0.15, 0.2) is 60.3 Å². The molecule has 1 heterocycles. The molecule has 0 saturated heterocycles. The number of hydrogen-bond donors (Lipinski definition) is 0. The van der Waals surface area contributed by atoms with Crippen molar-refractivity contribution in [3.05, 3.63) is 77.0 Å². The molecule has 0 unspecified atom stereocenters. The Balaban J connectivity index is 1.78. The minimum atomic E-state index is 0.876. The van der Waals surface area contributed by atoms with Gasteiger partial charge in [0.2, 0.25) is 0 Å². The van der Waals surface area contributed by atoms with Crippen molar-refractivity contribution >= 4 is 11.3 Å². The van der Waals surface area contributed by atoms with Gasteiger partial charge in [0.1, 0.15) is 5.75 Å². The Labute approximate surface area is 124 Å². The van der Waals surface area contributed by atoms with Crippen molar-refractivity contribution in [1.82, 2.24) is 5.32 Å². The zero-order valence-corrected chi connectivity index (χ0v) is 12.0. The molecular formula is C19H16NO. The molecule has 0 spiro atoms. The van der Waals surface area contributed by atoms with E-state index >= 15 is 0 Å². The maximum Gasteiger partial charge on any atom is 0.128 e. The lowest BCUT2D eigenvalue weighted by Gasteiger charge is -2.17. The first-order valence-corrected chi connectivity index (χ1v) is 7.25. The van der Waals surface area contributed by atoms with Gasteiger partial charge < -0.3 is 4.74 Å². The van der Waals surface area contributed by atoms with Crippen molar-refractivity contribution in [3.8, 4) is 5.75 Å². The van der Waals surface area contributed by atoms with Crippen LogP contribution in [0.3, 0.4) is 0 Å². The predicted molar refractivity (Wildman–Crippen MR) is 84.8 cm³/mol. The summed E-state index contributed by atoms with van der Waals surface area (Å²) in [6.07, 6.45) is 4.29. The van der Waals surface area contributed by atoms with Gasteiger partial charge in [-0.15, -0.1) is 0 Å². The van der Waals surface area contributed by atoms with E-state index in [4.69, 9.17) is 10.1 Å². The van der Waals surface area contributed by atoms with E-state index in [1.807, 2.05) is 18.2 Å². The van der Waals surface area contributed by atoms with Gasteiger partial charge >= 0.3 is 0 Å². The monoisotopic (exact) mass is 274 g/mol. The summed E-state index contributed by atoms with van der Waals surface area (Å²) in [4.78, 5) is 0. The van der Waals surface area contributed by atoms with Gasteiger partial charge in [-0.3, -0.25) is 5.32 Å². The van der Waals surface area contributed by atoms with Crippen LogP contribution in [0.4, 0.5) is 0 Å². The molecule has 0 bridgehead atoms. The van der Waals surface area contributed by atoms with E-state index in [1.54, 1.807) is 7.11 Å². The molecule has 21 heavy (non-hydrogen) atoms. The molecule has 0 aromatic heterocycles. The maximum absolute atomic E-state index is 5.46. The fourth-order valence-corrected chi connectivity index (χ4v) is 3.13. The summed E-state index contributed by atoms with van der Waals surface area (Å²) in [5.41, 5.74) is 7.30. The predicted octanol–water partition coefficient (Wildman–Crippen LogP) is 4.01. The SMILES string of the molecule is COc1ccccc1C1=CC2=C(CCc3ccccc32)[N]1. The first-order valence-electron chi connectivity index (χ1n) is 7.25. The first-order chi connectivity index (χ1) is 10.4. The number of allylic oxidation sites excluding steroid dienone is 3. The van der Waals surface area contributed by atoms with Crippen molar-refractivity contribution in [2.75, 3.05) is 7.11 Å². The number of nitrogens with zero attached hydrogens (tertiary/aromatic N) is 1. The second-order valence-electron chi connectivity index (χ2n) is 5.36. The van der Waals surface area contributed by atoms with E-state index in [0.29, 0.717) is 0 Å². The van der Waals surface area contributed by atoms with Gasteiger partial charge in [-0.05, 0) is 42.2 Å². The molecule has 2 nitrogen and oxygen atoms in total. The van der Waals surface area contributed by atoms with Gasteiger partial charge in [0.05, 0.1) is 12.8 Å². The van der Waals surface area contributed by atoms with E-state index in [-0.39, 0.29) is 0 Å². The van der Waals surface area contributed by atoms with Crippen LogP contribution in [-0.2, 0) is 6.42 Å². The molecule has 2 aliphatic rings. The van der Waals surface area contributed by atoms with E-state index in [9.17, 15) is 0 Å². The molecular weight excluding hydrogens is 258 g/mol. The second-order valence-corrected chi connectivity index (χ2v) is 5.36. The topological polar surface area (TPSA) is 23.3 Å². The van der Waals surface area contributed by atoms with Gasteiger partial charge in [0.25, 0.3) is 0 Å². The lowest BCUT2D eigenvalue weighted by molar-refractivity contribution is 0.413. The lowest BCUT2D eigenvalue weighted by atomic mass is 9.89. The Morgan fingerprint density at radius 3 is 2.52 bits per heavy atom. The van der Waals surface area contributed by atoms with Crippen molar-refractivity contribution in [1.29, 1.82) is 0 Å². The van der Waals surface area contributed by atoms with E-state index < -0.39 is 0 Å². The van der Waals surface area contributed by atoms with Crippen LogP contribution in [0.2, 0.25) is 0 Å². The van der Waals surface area contributed by atoms with Crippen LogP contribution >= 0.6 is 0 Å². The number of aryl methyl sites for hydroxylation is 1. The van der Waals surface area contributed by atoms with Crippen molar-refractivity contribution < 1.29 is 4.74 Å². The highest BCUT2D eigenvalue weighted by atomic mass is 16.5. The fourth-order valence-electron chi connectivity index (χ4n) is 3.13. The second kappa shape index (κ2) is 4.81. The van der Waals surface area contributed by atoms with Crippen LogP contribution in [0.5, 0.6) is 5.75 Å². The minimum Gasteiger partial charge on any atom is -0.496 e. The molecule has 1 radical (unpaired) electrons. The number of ether oxygens (including phenoxy) is 1. The molecule has 1 aliphatic carbocycles. The zero-order chi connectivity index (χ0) is 14.2. The van der Waals surface area contributed by atoms with Crippen molar-refractivity contribution in [2.45, 2.75) is 12.8 Å². The smallest absolute Gasteiger partial charge is 0.128 e. The van der Waals surface area contributed by atoms with Gasteiger partial charge in [-0.25, -0.2) is 0 Å². The standard InChI is InChI=1S/C19H16NO/c1-21-19-9-5-4-8-15(19)18-12-16-14-7-3-2-6-13(14)10-11-17(16)20-18/h2-9,12H,10-11H2,1H3. The Morgan fingerprint density at radius 2 is 1.67 bits per heavy atom. The Hall–Kier alpha value is -2.48. The summed E-state index contributed by atoms with van der Waals surface area (Å²) in [6, 6.07) is 16.7. The average Bonchev–Trinajstić information content (AvgIpc) is 2.99. The number of hydrogen-bond acceptors (Lipinski definition) is 1. The molecule has 0 amide bonds. The van der Waals surface area contributed by atoms with Crippen LogP contribution in [-0.4, -0.2) is 7.11 Å². The fraction of sp³-hybridized carbons (Fsp3) is 0.158. The summed E-state index contributed by atoms with van der Waals surface area (Å²) >= 11 is 0. The van der Waals surface area contributed by atoms with Crippen LogP contribution in [0.25, 0.3) is 11.3 Å². The number of para-hydroxylation sites is 1. The number of fused-ring (bicyclic) bond motifs is 2. The summed E-state index contributed by atoms with van der Waals surface area (Å²) in [5, 5.41) is 4.85. The van der Waals surface area contributed by atoms with E-state index in [2.05, 4.69) is 36.4 Å². The average molecular weight is 274 g/mol. The third kappa shape index (κ3) is 1.95. The molecule has 0 fully saturated rings. The molecule has 0 N–H and O–H groups in total. The summed E-state index contributed by atoms with van der Waals surface area (Å²) in [6.45, 7) is 0. The van der Waals surface area contributed by atoms with Crippen LogP contribution in [0.1, 0.15) is 23.1 Å². The van der Waals surface area contributed by atoms with Crippen LogP contribution in [0, 0.1) is 0 Å². The Bertz CT molecular complexity index is 771. The normalized spacial score (nSPS) is 16.0. The third-order valence-electron chi connectivity index (χ3n) is 4.17. The maximum atomic E-state index is 5.46. The highest BCUT2D eigenvalue weighted by molar-refractivity contribution is 5.92. The molecule has 2 aromatic carbocycles. The highest BCUT2D eigenvalue weighted by Crippen LogP contribution is 2.40. The minimum absolute atomic E-state index is 0.876. The number of benzene rings is 2. The van der Waals surface area contributed by atoms with Crippen molar-refractivity contribution in [2.24, 2.45) is 0 Å². The number of methoxy groups -OCH3 is 1. The molecule has 2 aromatic rings. The quantitative estimate of drug-likeness (QED) is 0.811. The number of rotatable bonds is 2. The molecule has 0 saturated carbocycles. The largest absolute Gasteiger partial charge is 0.496 e. The molecule has 0 atom stereocenters. The third-order valence-corrected chi connectivity index (χ3v) is 4.17. The van der Waals surface area contributed by atoms with E-state index in [1.165, 1.54) is 22.4 Å². The first kappa shape index (κ1) is 12.3. The Morgan fingerprint density at radius 1 is 0.905 bits per heavy atom. The van der Waals surface area contributed by atoms with Gasteiger partial charge in [-0.2, -0.15) is 0 Å². The summed E-state index contributed by atoms with van der Waals surface area (Å²) in [7, 11) is 1.71. The lowest BCUT2D eigenvalue weighted by Crippen LogP contribution is -2.07. The molecule has 1 aliphatic heterocycles. The molecule has 4 rings (SSSR count). The Kier molecular flexibility index (Phi) is 2.81. The van der Waals surface area contributed by atoms with Gasteiger partial charge in [0, 0.05) is 16.8 Å². The van der Waals surface area contributed by atoms with Gasteiger partial charge in [0.15, 0.2) is 0 Å². The van der Waals surface area contributed by atoms with Gasteiger partial charge in [-0.1, -0.05) is 36.4 Å².